The van der Waals surface area contributed by atoms with Gasteiger partial charge in [-0.3, -0.25) is 0 Å². The molecule has 0 fully saturated rings. The third-order valence-electron chi connectivity index (χ3n) is 3.72. The molecule has 0 spiro atoms. The minimum atomic E-state index is -0.392. The van der Waals surface area contributed by atoms with Gasteiger partial charge in [0.25, 0.3) is 0 Å². The average molecular weight is 338 g/mol. The summed E-state index contributed by atoms with van der Waals surface area (Å²) in [5.41, 5.74) is 2.00. The van der Waals surface area contributed by atoms with E-state index in [4.69, 9.17) is 14.2 Å². The van der Waals surface area contributed by atoms with E-state index in [0.29, 0.717) is 17.1 Å². The van der Waals surface area contributed by atoms with E-state index in [2.05, 4.69) is 5.10 Å². The monoisotopic (exact) mass is 338 g/mol. The lowest BCUT2D eigenvalue weighted by atomic mass is 10.1. The number of aromatic nitrogens is 2. The summed E-state index contributed by atoms with van der Waals surface area (Å²) in [7, 11) is 2.96. The number of benzene rings is 2. The Morgan fingerprint density at radius 2 is 1.96 bits per heavy atom. The molecule has 0 aliphatic rings. The van der Waals surface area contributed by atoms with Crippen LogP contribution in [0.3, 0.4) is 0 Å². The van der Waals surface area contributed by atoms with Gasteiger partial charge in [0.2, 0.25) is 0 Å². The number of hydrogen-bond acceptors (Lipinski definition) is 5. The Hall–Kier alpha value is -3.28. The average Bonchev–Trinajstić information content (AvgIpc) is 3.20. The van der Waals surface area contributed by atoms with E-state index in [1.165, 1.54) is 7.11 Å². The van der Waals surface area contributed by atoms with Gasteiger partial charge in [-0.2, -0.15) is 5.10 Å². The van der Waals surface area contributed by atoms with Crippen LogP contribution in [0.1, 0.15) is 15.9 Å². The standard InChI is InChI=1S/C19H18N2O4/c1-23-15-8-9-17(21-11-5-10-20-21)18(12-15)25-13-14-6-3-4-7-16(14)19(22)24-2/h3-12H,13H2,1-2H3. The zero-order chi connectivity index (χ0) is 17.6. The first kappa shape index (κ1) is 16.6. The number of esters is 1. The zero-order valence-electron chi connectivity index (χ0n) is 14.0. The van der Waals surface area contributed by atoms with E-state index < -0.39 is 5.97 Å². The predicted octanol–water partition coefficient (Wildman–Crippen LogP) is 3.25. The van der Waals surface area contributed by atoms with Crippen LogP contribution in [0.5, 0.6) is 11.5 Å². The number of nitrogens with zero attached hydrogens (tertiary/aromatic N) is 2. The van der Waals surface area contributed by atoms with Crippen molar-refractivity contribution in [2.24, 2.45) is 0 Å². The molecular formula is C19H18N2O4. The van der Waals surface area contributed by atoms with Crippen LogP contribution in [0.25, 0.3) is 5.69 Å². The molecule has 2 aromatic carbocycles. The largest absolute Gasteiger partial charge is 0.497 e. The van der Waals surface area contributed by atoms with Crippen molar-refractivity contribution in [3.63, 3.8) is 0 Å². The summed E-state index contributed by atoms with van der Waals surface area (Å²) in [5, 5.41) is 4.24. The summed E-state index contributed by atoms with van der Waals surface area (Å²) in [6.07, 6.45) is 3.53. The fourth-order valence-electron chi connectivity index (χ4n) is 2.45. The summed E-state index contributed by atoms with van der Waals surface area (Å²) in [6.45, 7) is 0.215. The van der Waals surface area contributed by atoms with Gasteiger partial charge in [-0.15, -0.1) is 0 Å². The maximum Gasteiger partial charge on any atom is 0.338 e. The first-order chi connectivity index (χ1) is 12.2. The van der Waals surface area contributed by atoms with Crippen LogP contribution in [0, 0.1) is 0 Å². The molecule has 128 valence electrons. The van der Waals surface area contributed by atoms with Crippen molar-refractivity contribution in [2.75, 3.05) is 14.2 Å². The number of ether oxygens (including phenoxy) is 3. The van der Waals surface area contributed by atoms with Crippen LogP contribution in [0.4, 0.5) is 0 Å². The van der Waals surface area contributed by atoms with Crippen LogP contribution >= 0.6 is 0 Å². The first-order valence-corrected chi connectivity index (χ1v) is 7.70. The molecule has 0 atom stereocenters. The van der Waals surface area contributed by atoms with Gasteiger partial charge >= 0.3 is 5.97 Å². The normalized spacial score (nSPS) is 10.3. The summed E-state index contributed by atoms with van der Waals surface area (Å²) in [4.78, 5) is 11.9. The quantitative estimate of drug-likeness (QED) is 0.646. The van der Waals surface area contributed by atoms with Crippen molar-refractivity contribution < 1.29 is 19.0 Å². The van der Waals surface area contributed by atoms with Crippen LogP contribution in [-0.4, -0.2) is 30.0 Å². The fraction of sp³-hybridized carbons (Fsp3) is 0.158. The van der Waals surface area contributed by atoms with Crippen LogP contribution in [0.15, 0.2) is 60.9 Å². The maximum atomic E-state index is 11.9. The van der Waals surface area contributed by atoms with Crippen molar-refractivity contribution in [3.8, 4) is 17.2 Å². The van der Waals surface area contributed by atoms with Crippen molar-refractivity contribution >= 4 is 5.97 Å². The Balaban J connectivity index is 1.90. The van der Waals surface area contributed by atoms with Gasteiger partial charge in [0.1, 0.15) is 23.8 Å². The van der Waals surface area contributed by atoms with E-state index in [1.54, 1.807) is 36.2 Å². The Kier molecular flexibility index (Phi) is 4.99. The lowest BCUT2D eigenvalue weighted by Crippen LogP contribution is -2.09. The Labute approximate surface area is 145 Å². The van der Waals surface area contributed by atoms with Gasteiger partial charge in [0, 0.05) is 24.0 Å². The summed E-state index contributed by atoms with van der Waals surface area (Å²) in [5.74, 6) is 0.882. The van der Waals surface area contributed by atoms with Gasteiger partial charge in [0.05, 0.1) is 19.8 Å². The zero-order valence-corrected chi connectivity index (χ0v) is 14.0. The van der Waals surface area contributed by atoms with E-state index in [0.717, 1.165) is 11.3 Å². The highest BCUT2D eigenvalue weighted by atomic mass is 16.5. The highest BCUT2D eigenvalue weighted by Gasteiger charge is 2.13. The first-order valence-electron chi connectivity index (χ1n) is 7.70. The summed E-state index contributed by atoms with van der Waals surface area (Å²) >= 11 is 0. The van der Waals surface area contributed by atoms with Crippen molar-refractivity contribution in [1.82, 2.24) is 9.78 Å². The molecule has 0 amide bonds. The topological polar surface area (TPSA) is 62.6 Å². The SMILES string of the molecule is COC(=O)c1ccccc1COc1cc(OC)ccc1-n1cccn1. The molecule has 0 aliphatic heterocycles. The lowest BCUT2D eigenvalue weighted by molar-refractivity contribution is 0.0597. The van der Waals surface area contributed by atoms with E-state index >= 15 is 0 Å². The van der Waals surface area contributed by atoms with Crippen LogP contribution in [0.2, 0.25) is 0 Å². The predicted molar refractivity (Wildman–Crippen MR) is 92.2 cm³/mol. The molecule has 3 rings (SSSR count). The fourth-order valence-corrected chi connectivity index (χ4v) is 2.45. The minimum absolute atomic E-state index is 0.215. The van der Waals surface area contributed by atoms with Crippen LogP contribution in [-0.2, 0) is 11.3 Å². The van der Waals surface area contributed by atoms with E-state index in [1.807, 2.05) is 36.5 Å². The number of carbonyl (C=O) groups is 1. The summed E-state index contributed by atoms with van der Waals surface area (Å²) < 4.78 is 17.8. The molecule has 6 heteroatoms. The molecule has 25 heavy (non-hydrogen) atoms. The molecule has 1 aromatic heterocycles. The van der Waals surface area contributed by atoms with Crippen molar-refractivity contribution in [1.29, 1.82) is 0 Å². The molecule has 0 unspecified atom stereocenters. The molecule has 3 aromatic rings. The highest BCUT2D eigenvalue weighted by molar-refractivity contribution is 5.90. The minimum Gasteiger partial charge on any atom is -0.497 e. The second-order valence-electron chi connectivity index (χ2n) is 5.22. The molecule has 1 heterocycles. The molecular weight excluding hydrogens is 320 g/mol. The number of methoxy groups -OCH3 is 2. The molecule has 0 bridgehead atoms. The Bertz CT molecular complexity index is 860. The van der Waals surface area contributed by atoms with Gasteiger partial charge in [-0.05, 0) is 24.3 Å². The van der Waals surface area contributed by atoms with Crippen molar-refractivity contribution in [2.45, 2.75) is 6.61 Å². The van der Waals surface area contributed by atoms with E-state index in [-0.39, 0.29) is 6.61 Å². The van der Waals surface area contributed by atoms with Gasteiger partial charge in [-0.25, -0.2) is 9.48 Å². The third-order valence-corrected chi connectivity index (χ3v) is 3.72. The second kappa shape index (κ2) is 7.53. The number of hydrogen-bond donors (Lipinski definition) is 0. The van der Waals surface area contributed by atoms with Gasteiger partial charge < -0.3 is 14.2 Å². The van der Waals surface area contributed by atoms with Gasteiger partial charge in [-0.1, -0.05) is 18.2 Å². The molecule has 6 nitrogen and oxygen atoms in total. The second-order valence-corrected chi connectivity index (χ2v) is 5.22. The molecule has 0 saturated heterocycles. The van der Waals surface area contributed by atoms with Crippen molar-refractivity contribution in [3.05, 3.63) is 72.1 Å². The van der Waals surface area contributed by atoms with Crippen LogP contribution < -0.4 is 9.47 Å². The Morgan fingerprint density at radius 1 is 1.12 bits per heavy atom. The molecule has 0 radical (unpaired) electrons. The smallest absolute Gasteiger partial charge is 0.338 e. The highest BCUT2D eigenvalue weighted by Crippen LogP contribution is 2.28. The Morgan fingerprint density at radius 3 is 2.68 bits per heavy atom. The third kappa shape index (κ3) is 3.63. The summed E-state index contributed by atoms with van der Waals surface area (Å²) in [6, 6.07) is 14.5. The number of rotatable bonds is 6. The molecule has 0 saturated carbocycles. The van der Waals surface area contributed by atoms with E-state index in [9.17, 15) is 4.79 Å². The molecule has 0 N–H and O–H groups in total. The van der Waals surface area contributed by atoms with Gasteiger partial charge in [0.15, 0.2) is 0 Å². The number of carbonyl (C=O) groups excluding carboxylic acids is 1. The maximum absolute atomic E-state index is 11.9. The molecule has 0 aliphatic carbocycles. The lowest BCUT2D eigenvalue weighted by Gasteiger charge is -2.14.